The second-order valence-corrected chi connectivity index (χ2v) is 5.52. The number of fused-ring (bicyclic) bond motifs is 1. The molecule has 3 rings (SSSR count). The van der Waals surface area contributed by atoms with E-state index in [1.807, 2.05) is 17.5 Å². The van der Waals surface area contributed by atoms with E-state index >= 15 is 0 Å². The third-order valence-corrected chi connectivity index (χ3v) is 4.10. The van der Waals surface area contributed by atoms with Gasteiger partial charge in [0, 0.05) is 17.6 Å². The standard InChI is InChI=1S/C14H16N2OS/c15-12-5-1-4-11-10(12)3-2-6-13(11)17-9-14-16-7-8-18-14/h2-3,6-8,12H,1,4-5,9,15H2. The van der Waals surface area contributed by atoms with Crippen molar-refractivity contribution in [1.29, 1.82) is 0 Å². The number of hydrogen-bond acceptors (Lipinski definition) is 4. The number of thiazole rings is 1. The molecule has 1 aliphatic rings. The predicted molar refractivity (Wildman–Crippen MR) is 72.8 cm³/mol. The van der Waals surface area contributed by atoms with Crippen LogP contribution in [0.4, 0.5) is 0 Å². The number of nitrogens with two attached hydrogens (primary N) is 1. The summed E-state index contributed by atoms with van der Waals surface area (Å²) in [4.78, 5) is 4.23. The van der Waals surface area contributed by atoms with E-state index in [2.05, 4.69) is 11.1 Å². The van der Waals surface area contributed by atoms with Crippen molar-refractivity contribution in [3.8, 4) is 5.75 Å². The van der Waals surface area contributed by atoms with E-state index in [-0.39, 0.29) is 6.04 Å². The summed E-state index contributed by atoms with van der Waals surface area (Å²) in [6.07, 6.45) is 5.09. The van der Waals surface area contributed by atoms with Gasteiger partial charge < -0.3 is 10.5 Å². The van der Waals surface area contributed by atoms with Crippen molar-refractivity contribution < 1.29 is 4.74 Å². The molecule has 2 N–H and O–H groups in total. The van der Waals surface area contributed by atoms with Gasteiger partial charge in [0.25, 0.3) is 0 Å². The minimum Gasteiger partial charge on any atom is -0.486 e. The minimum atomic E-state index is 0.164. The number of hydrogen-bond donors (Lipinski definition) is 1. The Balaban J connectivity index is 1.82. The summed E-state index contributed by atoms with van der Waals surface area (Å²) in [5, 5.41) is 2.97. The highest BCUT2D eigenvalue weighted by Crippen LogP contribution is 2.34. The Labute approximate surface area is 111 Å². The molecule has 0 saturated carbocycles. The molecule has 1 unspecified atom stereocenters. The summed E-state index contributed by atoms with van der Waals surface area (Å²) in [7, 11) is 0. The molecule has 1 aromatic carbocycles. The van der Waals surface area contributed by atoms with Crippen LogP contribution in [-0.4, -0.2) is 4.98 Å². The van der Waals surface area contributed by atoms with Crippen LogP contribution in [0.5, 0.6) is 5.75 Å². The normalized spacial score (nSPS) is 18.4. The Kier molecular flexibility index (Phi) is 3.30. The van der Waals surface area contributed by atoms with Gasteiger partial charge in [0.2, 0.25) is 0 Å². The maximum Gasteiger partial charge on any atom is 0.140 e. The van der Waals surface area contributed by atoms with E-state index in [0.717, 1.165) is 30.0 Å². The fourth-order valence-corrected chi connectivity index (χ4v) is 2.98. The highest BCUT2D eigenvalue weighted by molar-refractivity contribution is 7.09. The molecule has 0 bridgehead atoms. The first-order chi connectivity index (χ1) is 8.84. The number of nitrogens with zero attached hydrogens (tertiary/aromatic N) is 1. The van der Waals surface area contributed by atoms with Gasteiger partial charge in [-0.05, 0) is 36.5 Å². The van der Waals surface area contributed by atoms with Crippen LogP contribution in [0.1, 0.15) is 35.0 Å². The Morgan fingerprint density at radius 1 is 1.44 bits per heavy atom. The monoisotopic (exact) mass is 260 g/mol. The molecule has 1 aromatic heterocycles. The lowest BCUT2D eigenvalue weighted by Gasteiger charge is -2.24. The smallest absolute Gasteiger partial charge is 0.140 e. The van der Waals surface area contributed by atoms with Crippen molar-refractivity contribution in [3.63, 3.8) is 0 Å². The number of rotatable bonds is 3. The molecule has 2 aromatic rings. The van der Waals surface area contributed by atoms with E-state index in [0.29, 0.717) is 6.61 Å². The molecular formula is C14H16N2OS. The van der Waals surface area contributed by atoms with Crippen molar-refractivity contribution in [2.75, 3.05) is 0 Å². The predicted octanol–water partition coefficient (Wildman–Crippen LogP) is 3.06. The first-order valence-electron chi connectivity index (χ1n) is 6.23. The highest BCUT2D eigenvalue weighted by atomic mass is 32.1. The zero-order valence-corrected chi connectivity index (χ0v) is 11.0. The van der Waals surface area contributed by atoms with E-state index in [1.165, 1.54) is 11.1 Å². The van der Waals surface area contributed by atoms with Crippen molar-refractivity contribution in [1.82, 2.24) is 4.98 Å². The molecule has 0 saturated heterocycles. The van der Waals surface area contributed by atoms with Crippen molar-refractivity contribution in [2.45, 2.75) is 31.9 Å². The highest BCUT2D eigenvalue weighted by Gasteiger charge is 2.19. The van der Waals surface area contributed by atoms with Gasteiger partial charge in [-0.3, -0.25) is 0 Å². The van der Waals surface area contributed by atoms with Gasteiger partial charge in [-0.1, -0.05) is 12.1 Å². The molecule has 94 valence electrons. The first kappa shape index (κ1) is 11.7. The molecule has 0 fully saturated rings. The summed E-state index contributed by atoms with van der Waals surface area (Å²) in [5.41, 5.74) is 8.67. The molecule has 4 heteroatoms. The van der Waals surface area contributed by atoms with Crippen LogP contribution >= 0.6 is 11.3 Å². The molecule has 18 heavy (non-hydrogen) atoms. The summed E-state index contributed by atoms with van der Waals surface area (Å²) in [5.74, 6) is 0.970. The van der Waals surface area contributed by atoms with Crippen LogP contribution < -0.4 is 10.5 Å². The Bertz CT molecular complexity index is 525. The van der Waals surface area contributed by atoms with Crippen molar-refractivity contribution in [3.05, 3.63) is 45.9 Å². The lowest BCUT2D eigenvalue weighted by molar-refractivity contribution is 0.300. The maximum atomic E-state index is 6.14. The molecule has 1 aliphatic carbocycles. The molecule has 0 spiro atoms. The number of aromatic nitrogens is 1. The second kappa shape index (κ2) is 5.08. The molecule has 0 aliphatic heterocycles. The molecular weight excluding hydrogens is 244 g/mol. The average molecular weight is 260 g/mol. The largest absolute Gasteiger partial charge is 0.486 e. The van der Waals surface area contributed by atoms with E-state index in [9.17, 15) is 0 Å². The summed E-state index contributed by atoms with van der Waals surface area (Å²) >= 11 is 1.62. The molecule has 1 heterocycles. The Morgan fingerprint density at radius 2 is 2.39 bits per heavy atom. The van der Waals surface area contributed by atoms with Crippen LogP contribution in [0.15, 0.2) is 29.8 Å². The summed E-state index contributed by atoms with van der Waals surface area (Å²) < 4.78 is 5.89. The second-order valence-electron chi connectivity index (χ2n) is 4.54. The van der Waals surface area contributed by atoms with E-state index in [1.54, 1.807) is 17.5 Å². The Morgan fingerprint density at radius 3 is 3.22 bits per heavy atom. The van der Waals surface area contributed by atoms with Crippen LogP contribution in [0.2, 0.25) is 0 Å². The van der Waals surface area contributed by atoms with Crippen LogP contribution in [0, 0.1) is 0 Å². The van der Waals surface area contributed by atoms with Crippen molar-refractivity contribution in [2.24, 2.45) is 5.73 Å². The Hall–Kier alpha value is -1.39. The molecule has 0 radical (unpaired) electrons. The van der Waals surface area contributed by atoms with Crippen LogP contribution in [0.25, 0.3) is 0 Å². The maximum absolute atomic E-state index is 6.14. The van der Waals surface area contributed by atoms with Gasteiger partial charge in [-0.2, -0.15) is 0 Å². The van der Waals surface area contributed by atoms with E-state index in [4.69, 9.17) is 10.5 Å². The lowest BCUT2D eigenvalue weighted by Crippen LogP contribution is -2.18. The summed E-state index contributed by atoms with van der Waals surface area (Å²) in [6, 6.07) is 6.35. The number of ether oxygens (including phenoxy) is 1. The third kappa shape index (κ3) is 2.26. The van der Waals surface area contributed by atoms with Gasteiger partial charge in [0.1, 0.15) is 17.4 Å². The molecule has 3 nitrogen and oxygen atoms in total. The minimum absolute atomic E-state index is 0.164. The van der Waals surface area contributed by atoms with Gasteiger partial charge in [-0.15, -0.1) is 11.3 Å². The van der Waals surface area contributed by atoms with Crippen LogP contribution in [-0.2, 0) is 13.0 Å². The van der Waals surface area contributed by atoms with Gasteiger partial charge in [-0.25, -0.2) is 4.98 Å². The topological polar surface area (TPSA) is 48.1 Å². The zero-order valence-electron chi connectivity index (χ0n) is 10.1. The molecule has 1 atom stereocenters. The van der Waals surface area contributed by atoms with Gasteiger partial charge in [0.05, 0.1) is 0 Å². The first-order valence-corrected chi connectivity index (χ1v) is 7.11. The molecule has 0 amide bonds. The number of benzene rings is 1. The lowest BCUT2D eigenvalue weighted by atomic mass is 9.88. The van der Waals surface area contributed by atoms with Crippen molar-refractivity contribution >= 4 is 11.3 Å². The van der Waals surface area contributed by atoms with Gasteiger partial charge in [0.15, 0.2) is 0 Å². The third-order valence-electron chi connectivity index (χ3n) is 3.35. The fourth-order valence-electron chi connectivity index (χ4n) is 2.45. The van der Waals surface area contributed by atoms with Gasteiger partial charge >= 0.3 is 0 Å². The average Bonchev–Trinajstić information content (AvgIpc) is 2.90. The summed E-state index contributed by atoms with van der Waals surface area (Å²) in [6.45, 7) is 0.545. The SMILES string of the molecule is NC1CCCc2c(OCc3nccs3)cccc21. The zero-order chi connectivity index (χ0) is 12.4. The quantitative estimate of drug-likeness (QED) is 0.922. The van der Waals surface area contributed by atoms with Crippen LogP contribution in [0.3, 0.4) is 0 Å². The van der Waals surface area contributed by atoms with E-state index < -0.39 is 0 Å². The fraction of sp³-hybridized carbons (Fsp3) is 0.357.